The van der Waals surface area contributed by atoms with Gasteiger partial charge in [0.05, 0.1) is 0 Å². The molecular weight excluding hydrogens is 220 g/mol. The van der Waals surface area contributed by atoms with Crippen molar-refractivity contribution in [2.24, 2.45) is 11.3 Å². The van der Waals surface area contributed by atoms with E-state index in [0.29, 0.717) is 6.42 Å². The van der Waals surface area contributed by atoms with Gasteiger partial charge in [0, 0.05) is 5.57 Å². The zero-order valence-corrected chi connectivity index (χ0v) is 10.4. The maximum Gasteiger partial charge on any atom is 0.335 e. The number of hydrogen-bond donors (Lipinski definition) is 1. The van der Waals surface area contributed by atoms with Crippen LogP contribution in [0.4, 0.5) is 0 Å². The summed E-state index contributed by atoms with van der Waals surface area (Å²) in [5.74, 6) is -1.93. The van der Waals surface area contributed by atoms with E-state index in [0.717, 1.165) is 0 Å². The van der Waals surface area contributed by atoms with Gasteiger partial charge >= 0.3 is 11.9 Å². The number of carboxylic acids is 1. The predicted molar refractivity (Wildman–Crippen MR) is 63.4 cm³/mol. The average Bonchev–Trinajstić information content (AvgIpc) is 2.89. The summed E-state index contributed by atoms with van der Waals surface area (Å²) < 4.78 is 5.13. The molecule has 1 saturated carbocycles. The van der Waals surface area contributed by atoms with Gasteiger partial charge in [-0.15, -0.1) is 6.58 Å². The Balaban J connectivity index is 2.86. The number of ether oxygens (including phenoxy) is 1. The maximum absolute atomic E-state index is 11.8. The van der Waals surface area contributed by atoms with Crippen LogP contribution < -0.4 is 0 Å². The highest BCUT2D eigenvalue weighted by Gasteiger charge is 2.63. The zero-order valence-electron chi connectivity index (χ0n) is 10.4. The Morgan fingerprint density at radius 3 is 2.29 bits per heavy atom. The van der Waals surface area contributed by atoms with Crippen LogP contribution in [0, 0.1) is 11.3 Å². The average molecular weight is 238 g/mol. The van der Waals surface area contributed by atoms with Gasteiger partial charge < -0.3 is 9.84 Å². The minimum Gasteiger partial charge on any atom is -0.481 e. The second kappa shape index (κ2) is 4.02. The third kappa shape index (κ3) is 2.40. The Morgan fingerprint density at radius 1 is 1.47 bits per heavy atom. The van der Waals surface area contributed by atoms with E-state index in [1.165, 1.54) is 0 Å². The minimum absolute atomic E-state index is 0.00447. The van der Waals surface area contributed by atoms with E-state index >= 15 is 0 Å². The molecule has 0 amide bonds. The van der Waals surface area contributed by atoms with E-state index < -0.39 is 23.0 Å². The third-order valence-corrected chi connectivity index (χ3v) is 2.86. The molecule has 0 aromatic rings. The van der Waals surface area contributed by atoms with Crippen molar-refractivity contribution in [3.8, 4) is 0 Å². The van der Waals surface area contributed by atoms with Crippen molar-refractivity contribution in [2.45, 2.75) is 32.8 Å². The van der Waals surface area contributed by atoms with Crippen LogP contribution >= 0.6 is 0 Å². The van der Waals surface area contributed by atoms with Crippen LogP contribution in [0.1, 0.15) is 27.2 Å². The van der Waals surface area contributed by atoms with Gasteiger partial charge in [0.2, 0.25) is 0 Å². The van der Waals surface area contributed by atoms with Gasteiger partial charge in [-0.3, -0.25) is 4.79 Å². The van der Waals surface area contributed by atoms with Crippen LogP contribution in [0.5, 0.6) is 0 Å². The molecule has 1 N–H and O–H groups in total. The molecule has 0 aromatic carbocycles. The summed E-state index contributed by atoms with van der Waals surface area (Å²) in [6.07, 6.45) is 1.91. The second-order valence-electron chi connectivity index (χ2n) is 5.30. The number of esters is 1. The largest absolute Gasteiger partial charge is 0.481 e. The van der Waals surface area contributed by atoms with Crippen LogP contribution in [0.2, 0.25) is 0 Å². The van der Waals surface area contributed by atoms with E-state index in [1.807, 2.05) is 0 Å². The topological polar surface area (TPSA) is 63.6 Å². The molecule has 1 aliphatic rings. The number of carbonyl (C=O) groups is 2. The van der Waals surface area contributed by atoms with Crippen molar-refractivity contribution >= 4 is 11.9 Å². The molecule has 0 aliphatic heterocycles. The Labute approximate surface area is 101 Å². The number of hydrogen-bond acceptors (Lipinski definition) is 3. The van der Waals surface area contributed by atoms with Crippen molar-refractivity contribution in [2.75, 3.05) is 0 Å². The van der Waals surface area contributed by atoms with Gasteiger partial charge in [-0.05, 0) is 33.1 Å². The molecular formula is C13H18O4. The van der Waals surface area contributed by atoms with Crippen molar-refractivity contribution in [1.82, 2.24) is 0 Å². The van der Waals surface area contributed by atoms with Crippen LogP contribution in [0.15, 0.2) is 24.8 Å². The van der Waals surface area contributed by atoms with Crippen LogP contribution in [0.3, 0.4) is 0 Å². The molecule has 1 aliphatic carbocycles. The fraction of sp³-hybridized carbons (Fsp3) is 0.538. The van der Waals surface area contributed by atoms with Crippen molar-refractivity contribution < 1.29 is 19.4 Å². The van der Waals surface area contributed by atoms with Gasteiger partial charge in [-0.2, -0.15) is 0 Å². The van der Waals surface area contributed by atoms with Gasteiger partial charge in [0.15, 0.2) is 0 Å². The third-order valence-electron chi connectivity index (χ3n) is 2.86. The first-order chi connectivity index (χ1) is 7.65. The lowest BCUT2D eigenvalue weighted by Gasteiger charge is -2.22. The summed E-state index contributed by atoms with van der Waals surface area (Å²) in [4.78, 5) is 23.0. The lowest BCUT2D eigenvalue weighted by molar-refractivity contribution is -0.154. The molecule has 2 unspecified atom stereocenters. The Kier molecular flexibility index (Phi) is 3.19. The molecule has 94 valence electrons. The summed E-state index contributed by atoms with van der Waals surface area (Å²) >= 11 is 0. The Morgan fingerprint density at radius 2 is 2.00 bits per heavy atom. The van der Waals surface area contributed by atoms with E-state index in [4.69, 9.17) is 4.74 Å². The molecule has 1 fully saturated rings. The van der Waals surface area contributed by atoms with Gasteiger partial charge in [-0.25, -0.2) is 4.79 Å². The first kappa shape index (κ1) is 13.5. The summed E-state index contributed by atoms with van der Waals surface area (Å²) in [6, 6.07) is 0. The van der Waals surface area contributed by atoms with E-state index in [-0.39, 0.29) is 11.5 Å². The van der Waals surface area contributed by atoms with Crippen molar-refractivity contribution in [3.05, 3.63) is 24.8 Å². The van der Waals surface area contributed by atoms with Gasteiger partial charge in [0.25, 0.3) is 0 Å². The van der Waals surface area contributed by atoms with E-state index in [2.05, 4.69) is 13.2 Å². The van der Waals surface area contributed by atoms with E-state index in [9.17, 15) is 14.7 Å². The molecule has 0 heterocycles. The zero-order chi connectivity index (χ0) is 13.4. The van der Waals surface area contributed by atoms with E-state index in [1.54, 1.807) is 26.8 Å². The quantitative estimate of drug-likeness (QED) is 0.463. The Bertz CT molecular complexity index is 389. The number of allylic oxidation sites excluding steroid dienone is 1. The number of aliphatic carboxylic acids is 1. The number of carboxylic acid groups (broad SMARTS) is 1. The maximum atomic E-state index is 11.8. The molecule has 4 heteroatoms. The lowest BCUT2D eigenvalue weighted by Crippen LogP contribution is -2.30. The lowest BCUT2D eigenvalue weighted by atomic mass is 9.94. The Hall–Kier alpha value is -1.58. The fourth-order valence-corrected chi connectivity index (χ4v) is 1.82. The van der Waals surface area contributed by atoms with Crippen LogP contribution in [0.25, 0.3) is 0 Å². The summed E-state index contributed by atoms with van der Waals surface area (Å²) in [7, 11) is 0. The van der Waals surface area contributed by atoms with Crippen LogP contribution in [-0.2, 0) is 14.3 Å². The molecule has 4 nitrogen and oxygen atoms in total. The van der Waals surface area contributed by atoms with Crippen molar-refractivity contribution in [3.63, 3.8) is 0 Å². The molecule has 2 atom stereocenters. The first-order valence-corrected chi connectivity index (χ1v) is 5.44. The molecule has 0 bridgehead atoms. The highest BCUT2D eigenvalue weighted by Crippen LogP contribution is 2.58. The minimum atomic E-state index is -1.20. The molecule has 0 radical (unpaired) electrons. The van der Waals surface area contributed by atoms with Crippen molar-refractivity contribution in [1.29, 1.82) is 0 Å². The number of carbonyl (C=O) groups excluding carboxylic acids is 1. The standard InChI is InChI=1S/C13H18O4/c1-6-9-7-13(9,11(15)16)8(2)10(14)17-12(3,4)5/h6,9H,1-2,7H2,3-5H3,(H,15,16). The number of rotatable bonds is 4. The first-order valence-electron chi connectivity index (χ1n) is 5.44. The highest BCUT2D eigenvalue weighted by atomic mass is 16.6. The molecule has 0 spiro atoms. The summed E-state index contributed by atoms with van der Waals surface area (Å²) in [5, 5.41) is 9.21. The van der Waals surface area contributed by atoms with Crippen LogP contribution in [-0.4, -0.2) is 22.6 Å². The predicted octanol–water partition coefficient (Wildman–Crippen LogP) is 2.16. The monoisotopic (exact) mass is 238 g/mol. The highest BCUT2D eigenvalue weighted by molar-refractivity contribution is 5.99. The molecule has 0 aromatic heterocycles. The molecule has 17 heavy (non-hydrogen) atoms. The smallest absolute Gasteiger partial charge is 0.335 e. The molecule has 1 rings (SSSR count). The fourth-order valence-electron chi connectivity index (χ4n) is 1.82. The van der Waals surface area contributed by atoms with Gasteiger partial charge in [0.1, 0.15) is 11.0 Å². The second-order valence-corrected chi connectivity index (χ2v) is 5.30. The molecule has 0 saturated heterocycles. The summed E-state index contributed by atoms with van der Waals surface area (Å²) in [6.45, 7) is 12.3. The van der Waals surface area contributed by atoms with Gasteiger partial charge in [-0.1, -0.05) is 12.7 Å². The summed E-state index contributed by atoms with van der Waals surface area (Å²) in [5.41, 5.74) is -1.85. The normalized spacial score (nSPS) is 27.1. The SMILES string of the molecule is C=CC1CC1(C(=C)C(=O)OC(C)(C)C)C(=O)O.